The van der Waals surface area contributed by atoms with Crippen molar-refractivity contribution in [3.63, 3.8) is 0 Å². The quantitative estimate of drug-likeness (QED) is 0.914. The third-order valence-corrected chi connectivity index (χ3v) is 4.38. The molecule has 3 rings (SSSR count). The standard InChI is InChI=1S/C15H23N3O2/c1-9(2)18-7-10(3)12(8-18)17-14(19)15-16-6-13(20-15)11-4-5-11/h6,9-12H,4-5,7-8H2,1-3H3,(H,17,19)/t10-,12+/m1/s1. The smallest absolute Gasteiger partial charge is 0.307 e. The Kier molecular flexibility index (Phi) is 3.54. The van der Waals surface area contributed by atoms with Crippen LogP contribution in [0.4, 0.5) is 0 Å². The lowest BCUT2D eigenvalue weighted by Gasteiger charge is -2.20. The Balaban J connectivity index is 1.60. The molecular formula is C15H23N3O2. The molecule has 110 valence electrons. The van der Waals surface area contributed by atoms with Gasteiger partial charge in [0, 0.05) is 31.1 Å². The number of rotatable bonds is 4. The lowest BCUT2D eigenvalue weighted by Crippen LogP contribution is -2.40. The number of carbonyl (C=O) groups is 1. The molecule has 1 aromatic rings. The van der Waals surface area contributed by atoms with Gasteiger partial charge in [-0.2, -0.15) is 0 Å². The van der Waals surface area contributed by atoms with Gasteiger partial charge in [0.05, 0.1) is 6.20 Å². The second kappa shape index (κ2) is 5.20. The van der Waals surface area contributed by atoms with Crippen LogP contribution in [0.2, 0.25) is 0 Å². The minimum absolute atomic E-state index is 0.181. The average molecular weight is 277 g/mol. The van der Waals surface area contributed by atoms with Crippen molar-refractivity contribution >= 4 is 5.91 Å². The second-order valence-electron chi connectivity index (χ2n) is 6.45. The van der Waals surface area contributed by atoms with Crippen LogP contribution in [0, 0.1) is 5.92 Å². The molecule has 2 heterocycles. The van der Waals surface area contributed by atoms with Crippen LogP contribution in [-0.2, 0) is 0 Å². The van der Waals surface area contributed by atoms with Gasteiger partial charge in [-0.15, -0.1) is 0 Å². The van der Waals surface area contributed by atoms with Crippen LogP contribution in [0.3, 0.4) is 0 Å². The Morgan fingerprint density at radius 3 is 2.80 bits per heavy atom. The molecule has 5 heteroatoms. The molecule has 2 aliphatic rings. The van der Waals surface area contributed by atoms with E-state index in [4.69, 9.17) is 4.42 Å². The van der Waals surface area contributed by atoms with E-state index in [1.807, 2.05) is 0 Å². The first-order valence-corrected chi connectivity index (χ1v) is 7.55. The van der Waals surface area contributed by atoms with E-state index in [0.29, 0.717) is 17.9 Å². The number of hydrogen-bond donors (Lipinski definition) is 1. The first kappa shape index (κ1) is 13.6. The number of nitrogens with zero attached hydrogens (tertiary/aromatic N) is 2. The monoisotopic (exact) mass is 277 g/mol. The Hall–Kier alpha value is -1.36. The van der Waals surface area contributed by atoms with Crippen molar-refractivity contribution in [2.24, 2.45) is 5.92 Å². The van der Waals surface area contributed by atoms with Gasteiger partial charge in [0.25, 0.3) is 5.89 Å². The van der Waals surface area contributed by atoms with E-state index in [1.54, 1.807) is 6.20 Å². The van der Waals surface area contributed by atoms with E-state index in [9.17, 15) is 4.79 Å². The first-order valence-electron chi connectivity index (χ1n) is 7.55. The van der Waals surface area contributed by atoms with E-state index in [-0.39, 0.29) is 17.8 Å². The molecule has 1 aromatic heterocycles. The van der Waals surface area contributed by atoms with Crippen LogP contribution in [0.5, 0.6) is 0 Å². The second-order valence-corrected chi connectivity index (χ2v) is 6.45. The Morgan fingerprint density at radius 2 is 2.20 bits per heavy atom. The Morgan fingerprint density at radius 1 is 1.45 bits per heavy atom. The van der Waals surface area contributed by atoms with Gasteiger partial charge in [-0.1, -0.05) is 6.92 Å². The molecule has 0 spiro atoms. The highest BCUT2D eigenvalue weighted by Gasteiger charge is 2.33. The van der Waals surface area contributed by atoms with E-state index in [2.05, 4.69) is 36.0 Å². The number of amides is 1. The summed E-state index contributed by atoms with van der Waals surface area (Å²) in [4.78, 5) is 18.7. The molecule has 2 fully saturated rings. The minimum Gasteiger partial charge on any atom is -0.437 e. The molecule has 1 aliphatic heterocycles. The third kappa shape index (κ3) is 2.73. The predicted octanol–water partition coefficient (Wildman–Crippen LogP) is 2.01. The highest BCUT2D eigenvalue weighted by Crippen LogP contribution is 2.40. The Labute approximate surface area is 119 Å². The summed E-state index contributed by atoms with van der Waals surface area (Å²) in [5, 5.41) is 3.07. The van der Waals surface area contributed by atoms with Crippen molar-refractivity contribution in [2.75, 3.05) is 13.1 Å². The first-order chi connectivity index (χ1) is 9.54. The summed E-state index contributed by atoms with van der Waals surface area (Å²) in [7, 11) is 0. The molecule has 0 unspecified atom stereocenters. The minimum atomic E-state index is -0.181. The summed E-state index contributed by atoms with van der Waals surface area (Å²) >= 11 is 0. The fourth-order valence-electron chi connectivity index (χ4n) is 2.79. The zero-order valence-corrected chi connectivity index (χ0v) is 12.4. The zero-order chi connectivity index (χ0) is 14.3. The number of carbonyl (C=O) groups excluding carboxylic acids is 1. The van der Waals surface area contributed by atoms with Crippen LogP contribution >= 0.6 is 0 Å². The topological polar surface area (TPSA) is 58.4 Å². The molecule has 1 aliphatic carbocycles. The molecule has 20 heavy (non-hydrogen) atoms. The maximum atomic E-state index is 12.2. The molecule has 0 radical (unpaired) electrons. The summed E-state index contributed by atoms with van der Waals surface area (Å²) in [6.45, 7) is 8.49. The summed E-state index contributed by atoms with van der Waals surface area (Å²) in [5.74, 6) is 1.84. The molecule has 1 amide bonds. The molecular weight excluding hydrogens is 254 g/mol. The van der Waals surface area contributed by atoms with Crippen LogP contribution in [0.1, 0.15) is 56.0 Å². The van der Waals surface area contributed by atoms with Crippen molar-refractivity contribution in [3.05, 3.63) is 17.8 Å². The maximum Gasteiger partial charge on any atom is 0.307 e. The molecule has 1 N–H and O–H groups in total. The Bertz CT molecular complexity index is 493. The largest absolute Gasteiger partial charge is 0.437 e. The maximum absolute atomic E-state index is 12.2. The summed E-state index contributed by atoms with van der Waals surface area (Å²) in [6, 6.07) is 0.698. The van der Waals surface area contributed by atoms with Crippen LogP contribution in [-0.4, -0.2) is 41.0 Å². The van der Waals surface area contributed by atoms with Crippen LogP contribution in [0.15, 0.2) is 10.6 Å². The number of likely N-dealkylation sites (tertiary alicyclic amines) is 1. The lowest BCUT2D eigenvalue weighted by molar-refractivity contribution is 0.0893. The number of nitrogens with one attached hydrogen (secondary N) is 1. The highest BCUT2D eigenvalue weighted by molar-refractivity contribution is 5.89. The molecule has 1 saturated heterocycles. The summed E-state index contributed by atoms with van der Waals surface area (Å²) < 4.78 is 5.55. The molecule has 2 atom stereocenters. The van der Waals surface area contributed by atoms with Crippen molar-refractivity contribution in [2.45, 2.75) is 51.6 Å². The van der Waals surface area contributed by atoms with Crippen molar-refractivity contribution in [1.29, 1.82) is 0 Å². The number of aromatic nitrogens is 1. The molecule has 5 nitrogen and oxygen atoms in total. The van der Waals surface area contributed by atoms with Gasteiger partial charge in [-0.3, -0.25) is 9.69 Å². The van der Waals surface area contributed by atoms with Gasteiger partial charge in [0.2, 0.25) is 0 Å². The van der Waals surface area contributed by atoms with Crippen LogP contribution in [0.25, 0.3) is 0 Å². The lowest BCUT2D eigenvalue weighted by atomic mass is 10.1. The van der Waals surface area contributed by atoms with Gasteiger partial charge in [-0.25, -0.2) is 4.98 Å². The molecule has 0 aromatic carbocycles. The van der Waals surface area contributed by atoms with Gasteiger partial charge in [0.15, 0.2) is 0 Å². The normalized spacial score (nSPS) is 27.2. The number of oxazole rings is 1. The van der Waals surface area contributed by atoms with E-state index >= 15 is 0 Å². The number of hydrogen-bond acceptors (Lipinski definition) is 4. The summed E-state index contributed by atoms with van der Waals surface area (Å²) in [5.41, 5.74) is 0. The zero-order valence-electron chi connectivity index (χ0n) is 12.4. The van der Waals surface area contributed by atoms with E-state index in [1.165, 1.54) is 0 Å². The molecule has 1 saturated carbocycles. The predicted molar refractivity (Wildman–Crippen MR) is 75.6 cm³/mol. The third-order valence-electron chi connectivity index (χ3n) is 4.38. The van der Waals surface area contributed by atoms with Gasteiger partial charge in [-0.05, 0) is 32.6 Å². The van der Waals surface area contributed by atoms with Crippen molar-refractivity contribution in [3.8, 4) is 0 Å². The fraction of sp³-hybridized carbons (Fsp3) is 0.733. The molecule has 0 bridgehead atoms. The van der Waals surface area contributed by atoms with Crippen molar-refractivity contribution < 1.29 is 9.21 Å². The average Bonchev–Trinajstić information content (AvgIpc) is 3.01. The van der Waals surface area contributed by atoms with E-state index in [0.717, 1.165) is 31.7 Å². The van der Waals surface area contributed by atoms with Crippen LogP contribution < -0.4 is 5.32 Å². The van der Waals surface area contributed by atoms with Crippen molar-refractivity contribution in [1.82, 2.24) is 15.2 Å². The van der Waals surface area contributed by atoms with Gasteiger partial charge >= 0.3 is 5.91 Å². The highest BCUT2D eigenvalue weighted by atomic mass is 16.4. The van der Waals surface area contributed by atoms with E-state index < -0.39 is 0 Å². The SMILES string of the molecule is CC(C)N1C[C@@H](C)[C@@H](NC(=O)c2ncc(C3CC3)o2)C1. The van der Waals surface area contributed by atoms with Gasteiger partial charge in [0.1, 0.15) is 5.76 Å². The fourth-order valence-corrected chi connectivity index (χ4v) is 2.79. The van der Waals surface area contributed by atoms with Gasteiger partial charge < -0.3 is 9.73 Å². The summed E-state index contributed by atoms with van der Waals surface area (Å²) in [6.07, 6.45) is 4.00.